The number of hydrogen-bond acceptors (Lipinski definition) is 4. The van der Waals surface area contributed by atoms with Gasteiger partial charge in [0.15, 0.2) is 12.4 Å². The van der Waals surface area contributed by atoms with Gasteiger partial charge in [0.25, 0.3) is 5.91 Å². The van der Waals surface area contributed by atoms with Gasteiger partial charge in [0.1, 0.15) is 0 Å². The number of carbonyl (C=O) groups is 1. The van der Waals surface area contributed by atoms with Gasteiger partial charge in [-0.05, 0) is 35.4 Å². The standard InChI is InChI=1S/C24H21ClN4O4S/c25-23-6-5-21-16-29(17-22(21)15-23)34(32,33)28-13-11-26(12-14-28)24(30)20-3-1-18(2-4-20)19-7-9-27(31)10-8-19/h1-10,15-17H,11-14H2. The van der Waals surface area contributed by atoms with Gasteiger partial charge in [-0.3, -0.25) is 4.79 Å². The summed E-state index contributed by atoms with van der Waals surface area (Å²) in [6.07, 6.45) is 5.98. The molecule has 5 rings (SSSR count). The normalized spacial score (nSPS) is 15.0. The molecule has 34 heavy (non-hydrogen) atoms. The quantitative estimate of drug-likeness (QED) is 0.320. The van der Waals surface area contributed by atoms with E-state index in [0.717, 1.165) is 26.6 Å². The van der Waals surface area contributed by atoms with E-state index in [1.807, 2.05) is 12.1 Å². The van der Waals surface area contributed by atoms with Crippen LogP contribution in [0.3, 0.4) is 0 Å². The minimum Gasteiger partial charge on any atom is -0.619 e. The molecule has 0 spiro atoms. The molecule has 0 atom stereocenters. The Kier molecular flexibility index (Phi) is 5.76. The number of nitrogens with zero attached hydrogens (tertiary/aromatic N) is 4. The van der Waals surface area contributed by atoms with Gasteiger partial charge in [-0.2, -0.15) is 17.5 Å². The molecule has 4 aromatic rings. The number of halogens is 1. The highest BCUT2D eigenvalue weighted by Gasteiger charge is 2.30. The van der Waals surface area contributed by atoms with Crippen LogP contribution in [0, 0.1) is 5.21 Å². The Morgan fingerprint density at radius 2 is 1.47 bits per heavy atom. The van der Waals surface area contributed by atoms with E-state index in [2.05, 4.69) is 0 Å². The number of aromatic nitrogens is 2. The molecule has 0 aliphatic carbocycles. The minimum absolute atomic E-state index is 0.143. The third-order valence-corrected chi connectivity index (χ3v) is 7.96. The highest BCUT2D eigenvalue weighted by atomic mass is 35.5. The van der Waals surface area contributed by atoms with E-state index in [9.17, 15) is 18.4 Å². The fourth-order valence-corrected chi connectivity index (χ4v) is 5.63. The van der Waals surface area contributed by atoms with E-state index < -0.39 is 10.2 Å². The lowest BCUT2D eigenvalue weighted by Crippen LogP contribution is -2.51. The van der Waals surface area contributed by atoms with E-state index >= 15 is 0 Å². The zero-order chi connectivity index (χ0) is 23.9. The first-order chi connectivity index (χ1) is 16.3. The average molecular weight is 497 g/mol. The Morgan fingerprint density at radius 1 is 0.853 bits per heavy atom. The number of pyridine rings is 1. The summed E-state index contributed by atoms with van der Waals surface area (Å²) in [7, 11) is -3.74. The van der Waals surface area contributed by atoms with Crippen LogP contribution in [0.15, 0.2) is 79.4 Å². The van der Waals surface area contributed by atoms with Crippen molar-refractivity contribution in [1.82, 2.24) is 13.2 Å². The Balaban J connectivity index is 1.26. The number of hydrogen-bond donors (Lipinski definition) is 0. The zero-order valence-electron chi connectivity index (χ0n) is 18.0. The number of fused-ring (bicyclic) bond motifs is 1. The topological polar surface area (TPSA) is 89.6 Å². The third-order valence-electron chi connectivity index (χ3n) is 5.97. The number of carbonyl (C=O) groups excluding carboxylic acids is 1. The number of benzene rings is 2. The van der Waals surface area contributed by atoms with E-state index in [1.54, 1.807) is 59.8 Å². The summed E-state index contributed by atoms with van der Waals surface area (Å²) in [4.78, 5) is 14.6. The summed E-state index contributed by atoms with van der Waals surface area (Å²) in [5.41, 5.74) is 2.31. The SMILES string of the molecule is O=C(c1ccc(-c2cc[n+]([O-])cc2)cc1)N1CCN(S(=O)(=O)n2cc3ccc(Cl)cc3c2)CC1. The van der Waals surface area contributed by atoms with Gasteiger partial charge in [0.2, 0.25) is 0 Å². The molecule has 0 saturated carbocycles. The van der Waals surface area contributed by atoms with Crippen LogP contribution in [0.25, 0.3) is 21.9 Å². The fraction of sp³-hybridized carbons (Fsp3) is 0.167. The van der Waals surface area contributed by atoms with Gasteiger partial charge in [0.05, 0.1) is 0 Å². The molecule has 2 aromatic heterocycles. The van der Waals surface area contributed by atoms with Crippen LogP contribution < -0.4 is 4.73 Å². The second-order valence-corrected chi connectivity index (χ2v) is 10.4. The first-order valence-corrected chi connectivity index (χ1v) is 12.5. The Bertz CT molecular complexity index is 1460. The van der Waals surface area contributed by atoms with Crippen molar-refractivity contribution in [2.45, 2.75) is 0 Å². The van der Waals surface area contributed by atoms with Crippen LogP contribution in [-0.2, 0) is 10.2 Å². The van der Waals surface area contributed by atoms with E-state index in [1.165, 1.54) is 20.7 Å². The number of rotatable bonds is 4. The van der Waals surface area contributed by atoms with E-state index in [0.29, 0.717) is 23.7 Å². The molecule has 1 aliphatic heterocycles. The van der Waals surface area contributed by atoms with Crippen LogP contribution in [0.4, 0.5) is 0 Å². The van der Waals surface area contributed by atoms with Crippen LogP contribution in [0.2, 0.25) is 5.02 Å². The number of piperazine rings is 1. The zero-order valence-corrected chi connectivity index (χ0v) is 19.6. The maximum absolute atomic E-state index is 13.1. The van der Waals surface area contributed by atoms with Crippen molar-refractivity contribution in [3.8, 4) is 11.1 Å². The van der Waals surface area contributed by atoms with Crippen molar-refractivity contribution < 1.29 is 17.9 Å². The highest BCUT2D eigenvalue weighted by Crippen LogP contribution is 2.23. The molecule has 8 nitrogen and oxygen atoms in total. The smallest absolute Gasteiger partial charge is 0.307 e. The Hall–Kier alpha value is -3.40. The predicted octanol–water partition coefficient (Wildman–Crippen LogP) is 3.15. The average Bonchev–Trinajstić information content (AvgIpc) is 3.28. The van der Waals surface area contributed by atoms with Gasteiger partial charge in [-0.15, -0.1) is 0 Å². The molecule has 174 valence electrons. The first-order valence-electron chi connectivity index (χ1n) is 10.7. The van der Waals surface area contributed by atoms with Crippen molar-refractivity contribution in [2.24, 2.45) is 0 Å². The minimum atomic E-state index is -3.74. The molecule has 1 aliphatic rings. The third kappa shape index (κ3) is 4.25. The molecule has 2 aromatic carbocycles. The molecular formula is C24H21ClN4O4S. The monoisotopic (exact) mass is 496 g/mol. The van der Waals surface area contributed by atoms with Crippen molar-refractivity contribution in [3.05, 3.63) is 95.2 Å². The molecular weight excluding hydrogens is 476 g/mol. The number of amides is 1. The molecule has 3 heterocycles. The van der Waals surface area contributed by atoms with Crippen molar-refractivity contribution >= 4 is 38.5 Å². The highest BCUT2D eigenvalue weighted by molar-refractivity contribution is 7.87. The van der Waals surface area contributed by atoms with E-state index in [4.69, 9.17) is 11.6 Å². The summed E-state index contributed by atoms with van der Waals surface area (Å²) in [5.74, 6) is -0.143. The Labute approximate surface area is 202 Å². The van der Waals surface area contributed by atoms with E-state index in [-0.39, 0.29) is 19.0 Å². The Morgan fingerprint density at radius 3 is 2.15 bits per heavy atom. The van der Waals surface area contributed by atoms with Crippen molar-refractivity contribution in [2.75, 3.05) is 26.2 Å². The maximum atomic E-state index is 13.1. The second-order valence-electron chi connectivity index (χ2n) is 8.08. The lowest BCUT2D eigenvalue weighted by atomic mass is 10.0. The largest absolute Gasteiger partial charge is 0.619 e. The molecule has 0 radical (unpaired) electrons. The van der Waals surface area contributed by atoms with Crippen LogP contribution in [0.5, 0.6) is 0 Å². The summed E-state index contributed by atoms with van der Waals surface area (Å²) in [6, 6.07) is 15.8. The van der Waals surface area contributed by atoms with Crippen molar-refractivity contribution in [1.29, 1.82) is 0 Å². The molecule has 1 fully saturated rings. The molecule has 0 unspecified atom stereocenters. The molecule has 0 N–H and O–H groups in total. The summed E-state index contributed by atoms with van der Waals surface area (Å²) >= 11 is 6.01. The van der Waals surface area contributed by atoms with Crippen LogP contribution >= 0.6 is 11.6 Å². The van der Waals surface area contributed by atoms with Gasteiger partial charge in [-0.1, -0.05) is 29.8 Å². The molecule has 10 heteroatoms. The van der Waals surface area contributed by atoms with Gasteiger partial charge in [-0.25, -0.2) is 3.97 Å². The van der Waals surface area contributed by atoms with Crippen LogP contribution in [-0.4, -0.2) is 53.7 Å². The maximum Gasteiger partial charge on any atom is 0.307 e. The molecule has 1 saturated heterocycles. The lowest BCUT2D eigenvalue weighted by molar-refractivity contribution is -0.605. The van der Waals surface area contributed by atoms with Gasteiger partial charge >= 0.3 is 10.2 Å². The molecule has 0 bridgehead atoms. The van der Waals surface area contributed by atoms with Crippen LogP contribution in [0.1, 0.15) is 10.4 Å². The fourth-order valence-electron chi connectivity index (χ4n) is 4.07. The summed E-state index contributed by atoms with van der Waals surface area (Å²) in [5, 5.41) is 13.3. The second kappa shape index (κ2) is 8.75. The van der Waals surface area contributed by atoms with Gasteiger partial charge in [0, 0.05) is 72.1 Å². The summed E-state index contributed by atoms with van der Waals surface area (Å²) < 4.78 is 29.5. The summed E-state index contributed by atoms with van der Waals surface area (Å²) in [6.45, 7) is 1.02. The molecule has 1 amide bonds. The first kappa shape index (κ1) is 22.4. The van der Waals surface area contributed by atoms with Crippen molar-refractivity contribution in [3.63, 3.8) is 0 Å². The van der Waals surface area contributed by atoms with Gasteiger partial charge < -0.3 is 10.1 Å². The predicted molar refractivity (Wildman–Crippen MR) is 130 cm³/mol. The lowest BCUT2D eigenvalue weighted by Gasteiger charge is -2.34.